The van der Waals surface area contributed by atoms with Crippen molar-refractivity contribution in [3.05, 3.63) is 90.3 Å². The van der Waals surface area contributed by atoms with Crippen LogP contribution in [0.5, 0.6) is 11.5 Å². The van der Waals surface area contributed by atoms with Crippen molar-refractivity contribution in [3.8, 4) is 11.5 Å². The Kier molecular flexibility index (Phi) is 3.75. The molecule has 140 valence electrons. The van der Waals surface area contributed by atoms with Crippen LogP contribution in [0.15, 0.2) is 79.2 Å². The molecule has 2 aromatic rings. The van der Waals surface area contributed by atoms with Gasteiger partial charge in [-0.15, -0.1) is 5.73 Å². The maximum atomic E-state index is 5.56. The summed E-state index contributed by atoms with van der Waals surface area (Å²) in [4.78, 5) is 2.10. The van der Waals surface area contributed by atoms with E-state index in [1.54, 1.807) is 0 Å². The number of rotatable bonds is 3. The van der Waals surface area contributed by atoms with E-state index >= 15 is 0 Å². The number of fused-ring (bicyclic) bond motifs is 4. The van der Waals surface area contributed by atoms with Gasteiger partial charge in [0.15, 0.2) is 11.5 Å². The monoisotopic (exact) mass is 369 g/mol. The van der Waals surface area contributed by atoms with Crippen LogP contribution in [0.25, 0.3) is 0 Å². The quantitative estimate of drug-likeness (QED) is 0.622. The van der Waals surface area contributed by atoms with Gasteiger partial charge in [-0.2, -0.15) is 0 Å². The summed E-state index contributed by atoms with van der Waals surface area (Å²) < 4.78 is 11.0. The number of hydrogen-bond acceptors (Lipinski definition) is 3. The van der Waals surface area contributed by atoms with Gasteiger partial charge in [-0.1, -0.05) is 50.8 Å². The number of ether oxygens (including phenoxy) is 2. The molecule has 0 bridgehead atoms. The van der Waals surface area contributed by atoms with Gasteiger partial charge in [0, 0.05) is 17.7 Å². The van der Waals surface area contributed by atoms with Gasteiger partial charge in [0.25, 0.3) is 0 Å². The minimum atomic E-state index is 0.0791. The molecule has 0 fully saturated rings. The third-order valence-corrected chi connectivity index (χ3v) is 6.19. The van der Waals surface area contributed by atoms with Gasteiger partial charge in [-0.3, -0.25) is 0 Å². The van der Waals surface area contributed by atoms with E-state index in [0.29, 0.717) is 11.8 Å². The molecule has 2 aromatic carbocycles. The van der Waals surface area contributed by atoms with Crippen molar-refractivity contribution in [2.45, 2.75) is 25.2 Å². The van der Waals surface area contributed by atoms with Gasteiger partial charge in [0.1, 0.15) is 0 Å². The minimum absolute atomic E-state index is 0.0791. The second kappa shape index (κ2) is 6.19. The first-order valence-electron chi connectivity index (χ1n) is 9.64. The summed E-state index contributed by atoms with van der Waals surface area (Å²) in [5, 5.41) is 0. The molecule has 2 aliphatic carbocycles. The number of nitrogens with zero attached hydrogens (tertiary/aromatic N) is 1. The molecule has 5 rings (SSSR count). The molecule has 1 heterocycles. The van der Waals surface area contributed by atoms with E-state index in [1.807, 2.05) is 24.4 Å². The van der Waals surface area contributed by atoms with Crippen molar-refractivity contribution in [2.75, 3.05) is 11.7 Å². The molecule has 3 aliphatic rings. The lowest BCUT2D eigenvalue weighted by Crippen LogP contribution is -2.24. The molecular formula is C25H23NO2. The number of allylic oxidation sites excluding steroid dienone is 4. The number of anilines is 2. The van der Waals surface area contributed by atoms with E-state index in [0.717, 1.165) is 22.9 Å². The zero-order valence-corrected chi connectivity index (χ0v) is 16.2. The Labute approximate surface area is 165 Å². The fourth-order valence-corrected chi connectivity index (χ4v) is 4.74. The lowest BCUT2D eigenvalue weighted by atomic mass is 9.74. The highest BCUT2D eigenvalue weighted by molar-refractivity contribution is 5.71. The van der Waals surface area contributed by atoms with E-state index in [9.17, 15) is 0 Å². The van der Waals surface area contributed by atoms with E-state index in [2.05, 4.69) is 73.6 Å². The minimum Gasteiger partial charge on any atom is -0.454 e. The maximum absolute atomic E-state index is 5.56. The SMILES string of the molecule is C=C=CN(c1ccc2c(c1)OCO2)c1ccc2c(c1)C(C)(C)C1C=CC=CC21. The normalized spacial score (nSPS) is 22.4. The fraction of sp³-hybridized carbons (Fsp3) is 0.240. The van der Waals surface area contributed by atoms with Crippen LogP contribution in [0, 0.1) is 5.92 Å². The smallest absolute Gasteiger partial charge is 0.231 e. The summed E-state index contributed by atoms with van der Waals surface area (Å²) in [5.41, 5.74) is 7.92. The average molecular weight is 369 g/mol. The first-order chi connectivity index (χ1) is 13.6. The number of hydrogen-bond donors (Lipinski definition) is 0. The molecular weight excluding hydrogens is 346 g/mol. The van der Waals surface area contributed by atoms with Crippen molar-refractivity contribution >= 4 is 11.4 Å². The molecule has 0 N–H and O–H groups in total. The Morgan fingerprint density at radius 1 is 1.04 bits per heavy atom. The number of benzene rings is 2. The summed E-state index contributed by atoms with van der Waals surface area (Å²) in [6, 6.07) is 12.8. The summed E-state index contributed by atoms with van der Waals surface area (Å²) in [5.74, 6) is 2.50. The highest BCUT2D eigenvalue weighted by atomic mass is 16.7. The third-order valence-electron chi connectivity index (χ3n) is 6.19. The second-order valence-corrected chi connectivity index (χ2v) is 8.06. The van der Waals surface area contributed by atoms with Gasteiger partial charge < -0.3 is 14.4 Å². The van der Waals surface area contributed by atoms with E-state index < -0.39 is 0 Å². The second-order valence-electron chi connectivity index (χ2n) is 8.06. The highest BCUT2D eigenvalue weighted by Gasteiger charge is 2.44. The zero-order chi connectivity index (χ0) is 19.3. The Morgan fingerprint density at radius 3 is 2.64 bits per heavy atom. The van der Waals surface area contributed by atoms with Gasteiger partial charge >= 0.3 is 0 Å². The Balaban J connectivity index is 1.60. The Hall–Kier alpha value is -3.16. The van der Waals surface area contributed by atoms with Crippen molar-refractivity contribution in [1.82, 2.24) is 0 Å². The van der Waals surface area contributed by atoms with E-state index in [4.69, 9.17) is 9.47 Å². The molecule has 2 atom stereocenters. The summed E-state index contributed by atoms with van der Waals surface area (Å²) in [7, 11) is 0. The summed E-state index contributed by atoms with van der Waals surface area (Å²) >= 11 is 0. The first kappa shape index (κ1) is 17.0. The van der Waals surface area contributed by atoms with Gasteiger partial charge in [-0.05, 0) is 46.7 Å². The predicted octanol–water partition coefficient (Wildman–Crippen LogP) is 5.97. The molecule has 0 aromatic heterocycles. The molecule has 2 unspecified atom stereocenters. The summed E-state index contributed by atoms with van der Waals surface area (Å²) in [6.07, 6.45) is 10.9. The van der Waals surface area contributed by atoms with Crippen LogP contribution in [0.4, 0.5) is 11.4 Å². The fourth-order valence-electron chi connectivity index (χ4n) is 4.74. The molecule has 0 saturated heterocycles. The lowest BCUT2D eigenvalue weighted by Gasteiger charge is -2.29. The zero-order valence-electron chi connectivity index (χ0n) is 16.2. The lowest BCUT2D eigenvalue weighted by molar-refractivity contribution is 0.174. The third kappa shape index (κ3) is 2.44. The molecule has 3 heteroatoms. The molecule has 0 radical (unpaired) electrons. The van der Waals surface area contributed by atoms with Crippen molar-refractivity contribution < 1.29 is 9.47 Å². The van der Waals surface area contributed by atoms with Gasteiger partial charge in [0.05, 0.1) is 11.9 Å². The molecule has 1 aliphatic heterocycles. The van der Waals surface area contributed by atoms with Crippen LogP contribution in [0.3, 0.4) is 0 Å². The predicted molar refractivity (Wildman–Crippen MR) is 112 cm³/mol. The Bertz CT molecular complexity index is 1060. The standard InChI is InChI=1S/C25H23NO2/c1-4-13-26(18-10-12-23-24(15-18)28-16-27-23)17-9-11-20-19-7-5-6-8-21(19)25(2,3)22(20)14-17/h5-15,19,21H,1,16H2,2-3H3. The van der Waals surface area contributed by atoms with Crippen LogP contribution < -0.4 is 14.4 Å². The van der Waals surface area contributed by atoms with Gasteiger partial charge in [-0.25, -0.2) is 0 Å². The molecule has 0 spiro atoms. The van der Waals surface area contributed by atoms with Gasteiger partial charge in [0.2, 0.25) is 6.79 Å². The largest absolute Gasteiger partial charge is 0.454 e. The van der Waals surface area contributed by atoms with E-state index in [1.165, 1.54) is 11.1 Å². The van der Waals surface area contributed by atoms with Crippen LogP contribution >= 0.6 is 0 Å². The van der Waals surface area contributed by atoms with Crippen molar-refractivity contribution in [1.29, 1.82) is 0 Å². The van der Waals surface area contributed by atoms with Crippen LogP contribution in [-0.2, 0) is 5.41 Å². The van der Waals surface area contributed by atoms with E-state index in [-0.39, 0.29) is 12.2 Å². The molecule has 3 nitrogen and oxygen atoms in total. The first-order valence-corrected chi connectivity index (χ1v) is 9.64. The van der Waals surface area contributed by atoms with Crippen LogP contribution in [0.1, 0.15) is 30.9 Å². The molecule has 0 saturated carbocycles. The van der Waals surface area contributed by atoms with Crippen molar-refractivity contribution in [2.24, 2.45) is 5.92 Å². The molecule has 0 amide bonds. The average Bonchev–Trinajstić information content (AvgIpc) is 3.27. The Morgan fingerprint density at radius 2 is 1.79 bits per heavy atom. The van der Waals surface area contributed by atoms with Crippen LogP contribution in [0.2, 0.25) is 0 Å². The van der Waals surface area contributed by atoms with Crippen molar-refractivity contribution in [3.63, 3.8) is 0 Å². The molecule has 28 heavy (non-hydrogen) atoms. The highest BCUT2D eigenvalue weighted by Crippen LogP contribution is 2.53. The summed E-state index contributed by atoms with van der Waals surface area (Å²) in [6.45, 7) is 8.75. The topological polar surface area (TPSA) is 21.7 Å². The maximum Gasteiger partial charge on any atom is 0.231 e. The van der Waals surface area contributed by atoms with Crippen LogP contribution in [-0.4, -0.2) is 6.79 Å².